The summed E-state index contributed by atoms with van der Waals surface area (Å²) in [6.07, 6.45) is 0.234. The van der Waals surface area contributed by atoms with Crippen LogP contribution in [0.15, 0.2) is 41.3 Å². The van der Waals surface area contributed by atoms with E-state index in [9.17, 15) is 9.00 Å². The van der Waals surface area contributed by atoms with Crippen molar-refractivity contribution in [1.82, 2.24) is 9.21 Å². The Morgan fingerprint density at radius 3 is 2.16 bits per heavy atom. The maximum atomic E-state index is 13.0. The molecule has 0 spiro atoms. The number of hydrogen-bond acceptors (Lipinski definition) is 5. The molecule has 0 radical (unpaired) electrons. The Kier molecular flexibility index (Phi) is 9.48. The largest absolute Gasteiger partial charge is 0.497 e. The van der Waals surface area contributed by atoms with Gasteiger partial charge in [-0.25, -0.2) is 8.51 Å². The highest BCUT2D eigenvalue weighted by atomic mass is 32.2. The molecule has 7 nitrogen and oxygen atoms in total. The summed E-state index contributed by atoms with van der Waals surface area (Å²) in [5.74, 6) is 1.38. The van der Waals surface area contributed by atoms with Crippen molar-refractivity contribution in [2.75, 3.05) is 53.3 Å². The van der Waals surface area contributed by atoms with E-state index in [1.54, 1.807) is 18.5 Å². The minimum absolute atomic E-state index is 0.131. The van der Waals surface area contributed by atoms with Gasteiger partial charge in [-0.1, -0.05) is 0 Å². The topological polar surface area (TPSA) is 71.1 Å². The number of rotatable bonds is 11. The monoisotopic (exact) mass is 447 g/mol. The lowest BCUT2D eigenvalue weighted by atomic mass is 10.1. The van der Waals surface area contributed by atoms with Crippen molar-refractivity contribution < 1.29 is 18.5 Å². The number of anilines is 1. The van der Waals surface area contributed by atoms with E-state index in [1.807, 2.05) is 64.3 Å². The molecule has 0 fully saturated rings. The number of carbonyl (C=O) groups is 1. The third-order valence-electron chi connectivity index (χ3n) is 4.73. The number of amides is 1. The molecule has 0 saturated carbocycles. The number of likely N-dealkylation sites (N-methyl/N-ethyl adjacent to an activating group) is 1. The number of nitrogens with one attached hydrogen (secondary N) is 1. The van der Waals surface area contributed by atoms with Crippen molar-refractivity contribution >= 4 is 22.6 Å². The van der Waals surface area contributed by atoms with Gasteiger partial charge in [0.25, 0.3) is 0 Å². The molecule has 0 aliphatic heterocycles. The summed E-state index contributed by atoms with van der Waals surface area (Å²) in [5.41, 5.74) is 2.51. The summed E-state index contributed by atoms with van der Waals surface area (Å²) in [4.78, 5) is 15.1. The second-order valence-electron chi connectivity index (χ2n) is 7.67. The molecule has 2 rings (SSSR count). The average Bonchev–Trinajstić information content (AvgIpc) is 2.72. The molecule has 0 aliphatic rings. The second kappa shape index (κ2) is 11.8. The van der Waals surface area contributed by atoms with Gasteiger partial charge in [-0.05, 0) is 75.5 Å². The third kappa shape index (κ3) is 7.65. The van der Waals surface area contributed by atoms with E-state index in [1.165, 1.54) is 0 Å². The average molecular weight is 448 g/mol. The molecule has 1 amide bonds. The molecule has 170 valence electrons. The fraction of sp³-hybridized carbons (Fsp3) is 0.435. The Bertz CT molecular complexity index is 877. The van der Waals surface area contributed by atoms with Gasteiger partial charge in [0.15, 0.2) is 0 Å². The van der Waals surface area contributed by atoms with E-state index in [0.29, 0.717) is 18.8 Å². The fourth-order valence-corrected chi connectivity index (χ4v) is 4.24. The lowest BCUT2D eigenvalue weighted by Crippen LogP contribution is -2.27. The molecule has 1 atom stereocenters. The maximum Gasteiger partial charge on any atom is 0.225 e. The van der Waals surface area contributed by atoms with Crippen LogP contribution in [0.1, 0.15) is 17.5 Å². The molecule has 1 unspecified atom stereocenters. The molecule has 31 heavy (non-hydrogen) atoms. The second-order valence-corrected chi connectivity index (χ2v) is 9.20. The highest BCUT2D eigenvalue weighted by Crippen LogP contribution is 2.25. The van der Waals surface area contributed by atoms with E-state index in [2.05, 4.69) is 10.2 Å². The third-order valence-corrected chi connectivity index (χ3v) is 6.47. The highest BCUT2D eigenvalue weighted by molar-refractivity contribution is 7.82. The van der Waals surface area contributed by atoms with Gasteiger partial charge in [-0.15, -0.1) is 0 Å². The molecule has 1 N–H and O–H groups in total. The summed E-state index contributed by atoms with van der Waals surface area (Å²) in [7, 11) is 6.00. The number of carbonyl (C=O) groups excluding carboxylic acids is 1. The molecule has 2 aromatic carbocycles. The van der Waals surface area contributed by atoms with E-state index < -0.39 is 11.0 Å². The number of methoxy groups -OCH3 is 1. The lowest BCUT2D eigenvalue weighted by Gasteiger charge is -2.19. The van der Waals surface area contributed by atoms with Crippen LogP contribution in [0.25, 0.3) is 0 Å². The van der Waals surface area contributed by atoms with Gasteiger partial charge >= 0.3 is 0 Å². The van der Waals surface area contributed by atoms with Crippen LogP contribution in [-0.4, -0.2) is 67.3 Å². The molecule has 0 aromatic heterocycles. The zero-order valence-corrected chi connectivity index (χ0v) is 20.0. The van der Waals surface area contributed by atoms with Gasteiger partial charge in [0, 0.05) is 32.2 Å². The number of ether oxygens (including phenoxy) is 2. The zero-order chi connectivity index (χ0) is 23.0. The molecule has 0 aliphatic carbocycles. The number of benzene rings is 2. The quantitative estimate of drug-likeness (QED) is 0.573. The van der Waals surface area contributed by atoms with Gasteiger partial charge in [-0.3, -0.25) is 4.79 Å². The SMILES string of the molecule is COc1cc(C)c(S(=O)N(C)CCC(=O)Nc2ccc(OCCN(C)C)cc2)c(C)c1. The van der Waals surface area contributed by atoms with Crippen LogP contribution in [-0.2, 0) is 15.8 Å². The van der Waals surface area contributed by atoms with E-state index in [0.717, 1.165) is 34.1 Å². The summed E-state index contributed by atoms with van der Waals surface area (Å²) in [5, 5.41) is 2.87. The standard InChI is InChI=1S/C23H33N3O4S/c1-17-15-21(29-6)16-18(2)23(17)31(28)26(5)12-11-22(27)24-19-7-9-20(10-8-19)30-14-13-25(3)4/h7-10,15-16H,11-14H2,1-6H3,(H,24,27). The molecular formula is C23H33N3O4S. The number of aryl methyl sites for hydroxylation is 2. The molecular weight excluding hydrogens is 414 g/mol. The summed E-state index contributed by atoms with van der Waals surface area (Å²) < 4.78 is 25.6. The van der Waals surface area contributed by atoms with Crippen molar-refractivity contribution in [3.8, 4) is 11.5 Å². The van der Waals surface area contributed by atoms with Gasteiger partial charge in [0.1, 0.15) is 29.1 Å². The van der Waals surface area contributed by atoms with Crippen LogP contribution >= 0.6 is 0 Å². The van der Waals surface area contributed by atoms with Crippen molar-refractivity contribution in [3.63, 3.8) is 0 Å². The van der Waals surface area contributed by atoms with Crippen LogP contribution in [0, 0.1) is 13.8 Å². The minimum Gasteiger partial charge on any atom is -0.497 e. The predicted molar refractivity (Wildman–Crippen MR) is 125 cm³/mol. The number of hydrogen-bond donors (Lipinski definition) is 1. The van der Waals surface area contributed by atoms with Gasteiger partial charge in [0.05, 0.1) is 12.0 Å². The van der Waals surface area contributed by atoms with Crippen LogP contribution in [0.4, 0.5) is 5.69 Å². The van der Waals surface area contributed by atoms with Crippen molar-refractivity contribution in [3.05, 3.63) is 47.5 Å². The molecule has 8 heteroatoms. The van der Waals surface area contributed by atoms with Crippen molar-refractivity contribution in [2.24, 2.45) is 0 Å². The van der Waals surface area contributed by atoms with E-state index in [-0.39, 0.29) is 12.3 Å². The first-order chi connectivity index (χ1) is 14.7. The van der Waals surface area contributed by atoms with E-state index in [4.69, 9.17) is 9.47 Å². The van der Waals surface area contributed by atoms with Crippen molar-refractivity contribution in [2.45, 2.75) is 25.2 Å². The van der Waals surface area contributed by atoms with Gasteiger partial charge in [-0.2, -0.15) is 0 Å². The van der Waals surface area contributed by atoms with Crippen molar-refractivity contribution in [1.29, 1.82) is 0 Å². The Morgan fingerprint density at radius 2 is 1.61 bits per heavy atom. The first kappa shape index (κ1) is 24.8. The summed E-state index contributed by atoms with van der Waals surface area (Å²) >= 11 is 0. The predicted octanol–water partition coefficient (Wildman–Crippen LogP) is 3.24. The van der Waals surface area contributed by atoms with Crippen LogP contribution < -0.4 is 14.8 Å². The van der Waals surface area contributed by atoms with Gasteiger partial charge < -0.3 is 19.7 Å². The Labute approximate surface area is 187 Å². The van der Waals surface area contributed by atoms with Gasteiger partial charge in [0.2, 0.25) is 5.91 Å². The highest BCUT2D eigenvalue weighted by Gasteiger charge is 2.18. The normalized spacial score (nSPS) is 12.1. The fourth-order valence-electron chi connectivity index (χ4n) is 3.01. The van der Waals surface area contributed by atoms with Crippen LogP contribution in [0.3, 0.4) is 0 Å². The molecule has 0 bridgehead atoms. The Balaban J connectivity index is 1.86. The molecule has 2 aromatic rings. The Morgan fingerprint density at radius 1 is 1.00 bits per heavy atom. The Hall–Kier alpha value is -2.42. The maximum absolute atomic E-state index is 13.0. The minimum atomic E-state index is -1.36. The van der Waals surface area contributed by atoms with Crippen LogP contribution in [0.5, 0.6) is 11.5 Å². The number of nitrogens with zero attached hydrogens (tertiary/aromatic N) is 2. The first-order valence-corrected chi connectivity index (χ1v) is 11.3. The summed E-state index contributed by atoms with van der Waals surface area (Å²) in [6, 6.07) is 11.0. The van der Waals surface area contributed by atoms with Crippen LogP contribution in [0.2, 0.25) is 0 Å². The first-order valence-electron chi connectivity index (χ1n) is 10.2. The van der Waals surface area contributed by atoms with E-state index >= 15 is 0 Å². The smallest absolute Gasteiger partial charge is 0.225 e. The summed E-state index contributed by atoms with van der Waals surface area (Å²) in [6.45, 7) is 5.64. The molecule has 0 saturated heterocycles. The zero-order valence-electron chi connectivity index (χ0n) is 19.2. The molecule has 0 heterocycles. The lowest BCUT2D eigenvalue weighted by molar-refractivity contribution is -0.116.